The van der Waals surface area contributed by atoms with Gasteiger partial charge >= 0.3 is 0 Å². The zero-order valence-electron chi connectivity index (χ0n) is 16.7. The van der Waals surface area contributed by atoms with Gasteiger partial charge in [-0.05, 0) is 50.5 Å². The lowest BCUT2D eigenvalue weighted by Crippen LogP contribution is -2.26. The number of fused-ring (bicyclic) bond motifs is 1. The zero-order chi connectivity index (χ0) is 19.8. The number of methoxy groups -OCH3 is 1. The lowest BCUT2D eigenvalue weighted by atomic mass is 9.94. The van der Waals surface area contributed by atoms with Crippen molar-refractivity contribution in [3.05, 3.63) is 64.0 Å². The Bertz CT molecular complexity index is 1030. The molecule has 146 valence electrons. The molecule has 3 heterocycles. The fraction of sp³-hybridized carbons (Fsp3) is 0.381. The van der Waals surface area contributed by atoms with E-state index in [9.17, 15) is 4.79 Å². The zero-order valence-corrected chi connectivity index (χ0v) is 16.7. The summed E-state index contributed by atoms with van der Waals surface area (Å²) >= 11 is 0. The van der Waals surface area contributed by atoms with E-state index in [2.05, 4.69) is 40.3 Å². The maximum Gasteiger partial charge on any atom is 0.271 e. The van der Waals surface area contributed by atoms with Gasteiger partial charge < -0.3 is 15.0 Å². The number of rotatable bonds is 4. The van der Waals surface area contributed by atoms with Crippen LogP contribution in [0.3, 0.4) is 0 Å². The molecule has 0 bridgehead atoms. The van der Waals surface area contributed by atoms with Gasteiger partial charge in [-0.1, -0.05) is 12.1 Å². The first-order valence-corrected chi connectivity index (χ1v) is 9.46. The molecule has 0 saturated carbocycles. The molecule has 1 aliphatic rings. The third-order valence-electron chi connectivity index (χ3n) is 5.61. The largest absolute Gasteiger partial charge is 0.497 e. The molecule has 4 rings (SSSR count). The molecule has 7 heteroatoms. The summed E-state index contributed by atoms with van der Waals surface area (Å²) in [5.41, 5.74) is 5.81. The van der Waals surface area contributed by atoms with Crippen LogP contribution in [0, 0.1) is 20.8 Å². The lowest BCUT2D eigenvalue weighted by Gasteiger charge is -2.15. The number of nitrogens with zero attached hydrogens (tertiary/aromatic N) is 3. The van der Waals surface area contributed by atoms with Crippen LogP contribution in [0.2, 0.25) is 0 Å². The lowest BCUT2D eigenvalue weighted by molar-refractivity contribution is 0.0950. The molecule has 2 aromatic heterocycles. The Morgan fingerprint density at radius 2 is 2.11 bits per heavy atom. The second-order valence-electron chi connectivity index (χ2n) is 7.35. The molecule has 7 nitrogen and oxygen atoms in total. The van der Waals surface area contributed by atoms with Gasteiger partial charge in [0, 0.05) is 23.9 Å². The van der Waals surface area contributed by atoms with Crippen LogP contribution in [0.1, 0.15) is 50.4 Å². The molecule has 1 aromatic carbocycles. The number of carbonyl (C=O) groups is 1. The number of amides is 1. The smallest absolute Gasteiger partial charge is 0.271 e. The van der Waals surface area contributed by atoms with Crippen LogP contribution < -0.4 is 10.1 Å². The summed E-state index contributed by atoms with van der Waals surface area (Å²) in [6.45, 7) is 7.21. The number of ether oxygens (including phenoxy) is 1. The molecule has 1 amide bonds. The summed E-state index contributed by atoms with van der Waals surface area (Å²) in [4.78, 5) is 20.5. The van der Waals surface area contributed by atoms with E-state index in [0.717, 1.165) is 34.2 Å². The van der Waals surface area contributed by atoms with E-state index in [0.29, 0.717) is 25.2 Å². The van der Waals surface area contributed by atoms with Gasteiger partial charge in [-0.25, -0.2) is 4.98 Å². The number of hydrogen-bond donors (Lipinski definition) is 2. The minimum Gasteiger partial charge on any atom is -0.497 e. The van der Waals surface area contributed by atoms with Crippen molar-refractivity contribution in [2.45, 2.75) is 39.7 Å². The average Bonchev–Trinajstić information content (AvgIpc) is 3.15. The third kappa shape index (κ3) is 3.28. The van der Waals surface area contributed by atoms with Crippen LogP contribution in [0.25, 0.3) is 0 Å². The molecule has 1 aliphatic heterocycles. The van der Waals surface area contributed by atoms with Gasteiger partial charge in [0.25, 0.3) is 5.91 Å². The normalized spacial score (nSPS) is 16.4. The summed E-state index contributed by atoms with van der Waals surface area (Å²) in [6.07, 6.45) is 0.713. The van der Waals surface area contributed by atoms with Crippen molar-refractivity contribution in [3.63, 3.8) is 0 Å². The minimum absolute atomic E-state index is 0.132. The van der Waals surface area contributed by atoms with Crippen LogP contribution in [0.5, 0.6) is 5.75 Å². The molecule has 1 unspecified atom stereocenters. The minimum atomic E-state index is -0.132. The van der Waals surface area contributed by atoms with Gasteiger partial charge in [-0.2, -0.15) is 5.10 Å². The Morgan fingerprint density at radius 1 is 1.29 bits per heavy atom. The van der Waals surface area contributed by atoms with Gasteiger partial charge in [0.05, 0.1) is 19.3 Å². The summed E-state index contributed by atoms with van der Waals surface area (Å²) in [5.74, 6) is 1.59. The van der Waals surface area contributed by atoms with Crippen LogP contribution in [-0.4, -0.2) is 39.3 Å². The molecule has 0 fully saturated rings. The second kappa shape index (κ2) is 7.14. The van der Waals surface area contributed by atoms with Crippen molar-refractivity contribution < 1.29 is 9.53 Å². The van der Waals surface area contributed by atoms with Crippen molar-refractivity contribution in [2.75, 3.05) is 13.7 Å². The highest BCUT2D eigenvalue weighted by molar-refractivity contribution is 5.94. The van der Waals surface area contributed by atoms with Crippen LogP contribution in [-0.2, 0) is 13.0 Å². The molecule has 28 heavy (non-hydrogen) atoms. The number of carbonyl (C=O) groups excluding carboxylic acids is 1. The molecule has 2 N–H and O–H groups in total. The standard InChI is InChI=1S/C21H25N5O2/c1-12-13(2)25-26(14(12)3)11-19-23-18-9-16(10-22-21(27)20(18)24-19)15-6-5-7-17(8-15)28-4/h5-8,16H,9-11H2,1-4H3,(H,22,27)(H,23,24). The molecule has 1 atom stereocenters. The predicted octanol–water partition coefficient (Wildman–Crippen LogP) is 2.66. The number of hydrogen-bond acceptors (Lipinski definition) is 4. The van der Waals surface area contributed by atoms with Gasteiger partial charge in [0.2, 0.25) is 0 Å². The van der Waals surface area contributed by atoms with Crippen LogP contribution in [0.4, 0.5) is 0 Å². The molecule has 0 saturated heterocycles. The van der Waals surface area contributed by atoms with Gasteiger partial charge in [0.1, 0.15) is 17.3 Å². The topological polar surface area (TPSA) is 84.8 Å². The summed E-state index contributed by atoms with van der Waals surface area (Å²) in [5, 5.41) is 7.58. The maximum absolute atomic E-state index is 12.6. The monoisotopic (exact) mass is 379 g/mol. The number of aryl methyl sites for hydroxylation is 1. The van der Waals surface area contributed by atoms with E-state index in [-0.39, 0.29) is 11.8 Å². The molecular weight excluding hydrogens is 354 g/mol. The van der Waals surface area contributed by atoms with Gasteiger partial charge in [-0.15, -0.1) is 0 Å². The Hall–Kier alpha value is -3.09. The Morgan fingerprint density at radius 3 is 2.82 bits per heavy atom. The van der Waals surface area contributed by atoms with E-state index in [1.807, 2.05) is 29.8 Å². The SMILES string of the molecule is COc1cccc(C2CNC(=O)c3nc(Cn4nc(C)c(C)c4C)[nH]c3C2)c1. The van der Waals surface area contributed by atoms with Gasteiger partial charge in [-0.3, -0.25) is 9.48 Å². The number of H-pyrrole nitrogens is 1. The van der Waals surface area contributed by atoms with Crippen molar-refractivity contribution in [1.29, 1.82) is 0 Å². The predicted molar refractivity (Wildman–Crippen MR) is 106 cm³/mol. The third-order valence-corrected chi connectivity index (χ3v) is 5.61. The van der Waals surface area contributed by atoms with Crippen molar-refractivity contribution in [2.24, 2.45) is 0 Å². The van der Waals surface area contributed by atoms with Crippen LogP contribution >= 0.6 is 0 Å². The Kier molecular flexibility index (Phi) is 4.66. The first kappa shape index (κ1) is 18.3. The number of benzene rings is 1. The van der Waals surface area contributed by atoms with Crippen LogP contribution in [0.15, 0.2) is 24.3 Å². The fourth-order valence-corrected chi connectivity index (χ4v) is 3.71. The number of imidazole rings is 1. The molecule has 0 radical (unpaired) electrons. The fourth-order valence-electron chi connectivity index (χ4n) is 3.71. The number of aromatic amines is 1. The molecule has 0 aliphatic carbocycles. The second-order valence-corrected chi connectivity index (χ2v) is 7.35. The molecule has 0 spiro atoms. The summed E-state index contributed by atoms with van der Waals surface area (Å²) in [7, 11) is 1.66. The highest BCUT2D eigenvalue weighted by Crippen LogP contribution is 2.27. The summed E-state index contributed by atoms with van der Waals surface area (Å²) in [6, 6.07) is 8.00. The average molecular weight is 379 g/mol. The highest BCUT2D eigenvalue weighted by Gasteiger charge is 2.26. The first-order chi connectivity index (χ1) is 13.5. The van der Waals surface area contributed by atoms with Crippen molar-refractivity contribution in [1.82, 2.24) is 25.1 Å². The summed E-state index contributed by atoms with van der Waals surface area (Å²) < 4.78 is 7.27. The quantitative estimate of drug-likeness (QED) is 0.730. The van der Waals surface area contributed by atoms with Gasteiger partial charge in [0.15, 0.2) is 0 Å². The van der Waals surface area contributed by atoms with E-state index in [1.54, 1.807) is 7.11 Å². The van der Waals surface area contributed by atoms with E-state index >= 15 is 0 Å². The Labute approximate surface area is 164 Å². The number of nitrogens with one attached hydrogen (secondary N) is 2. The molecular formula is C21H25N5O2. The van der Waals surface area contributed by atoms with Crippen molar-refractivity contribution >= 4 is 5.91 Å². The van der Waals surface area contributed by atoms with E-state index < -0.39 is 0 Å². The van der Waals surface area contributed by atoms with E-state index in [1.165, 1.54) is 5.56 Å². The highest BCUT2D eigenvalue weighted by atomic mass is 16.5. The maximum atomic E-state index is 12.6. The first-order valence-electron chi connectivity index (χ1n) is 9.46. The van der Waals surface area contributed by atoms with E-state index in [4.69, 9.17) is 4.74 Å². The Balaban J connectivity index is 1.62. The number of aromatic nitrogens is 4. The molecule has 3 aromatic rings. The van der Waals surface area contributed by atoms with Crippen molar-refractivity contribution in [3.8, 4) is 5.75 Å².